The lowest BCUT2D eigenvalue weighted by Gasteiger charge is -2.07. The van der Waals surface area contributed by atoms with Crippen LogP contribution in [0.5, 0.6) is 5.75 Å². The van der Waals surface area contributed by atoms with Gasteiger partial charge in [0.1, 0.15) is 5.75 Å². The summed E-state index contributed by atoms with van der Waals surface area (Å²) in [6.07, 6.45) is 0. The second kappa shape index (κ2) is 6.73. The lowest BCUT2D eigenvalue weighted by atomic mass is 10.2. The van der Waals surface area contributed by atoms with E-state index < -0.39 is 0 Å². The molecule has 1 heterocycles. The molecule has 0 unspecified atom stereocenters. The topological polar surface area (TPSA) is 43.4 Å². The number of anilines is 1. The Kier molecular flexibility index (Phi) is 4.99. The van der Waals surface area contributed by atoms with Gasteiger partial charge in [0, 0.05) is 13.7 Å². The van der Waals surface area contributed by atoms with Crippen LogP contribution in [0, 0.1) is 5.92 Å². The summed E-state index contributed by atoms with van der Waals surface area (Å²) in [5, 5.41) is 4.17. The molecule has 0 saturated carbocycles. The van der Waals surface area contributed by atoms with Gasteiger partial charge in [0.2, 0.25) is 0 Å². The Morgan fingerprint density at radius 1 is 1.37 bits per heavy atom. The number of thiazole rings is 1. The van der Waals surface area contributed by atoms with Gasteiger partial charge in [-0.15, -0.1) is 0 Å². The first-order valence-electron chi connectivity index (χ1n) is 6.45. The maximum Gasteiger partial charge on any atom is 0.183 e. The van der Waals surface area contributed by atoms with E-state index in [9.17, 15) is 0 Å². The second-order valence-electron chi connectivity index (χ2n) is 4.77. The van der Waals surface area contributed by atoms with E-state index in [-0.39, 0.29) is 0 Å². The number of aromatic nitrogens is 1. The normalized spacial score (nSPS) is 11.2. The summed E-state index contributed by atoms with van der Waals surface area (Å²) in [5.41, 5.74) is 1.00. The van der Waals surface area contributed by atoms with E-state index in [1.54, 1.807) is 18.4 Å². The average Bonchev–Trinajstić information content (AvgIpc) is 2.78. The number of methoxy groups -OCH3 is 1. The molecule has 0 saturated heterocycles. The summed E-state index contributed by atoms with van der Waals surface area (Å²) in [4.78, 5) is 4.52. The molecular weight excluding hydrogens is 260 g/mol. The molecule has 2 aromatic rings. The molecule has 0 fully saturated rings. The number of hydrogen-bond donors (Lipinski definition) is 1. The van der Waals surface area contributed by atoms with E-state index in [2.05, 4.69) is 30.2 Å². The van der Waals surface area contributed by atoms with Gasteiger partial charge in [-0.05, 0) is 24.1 Å². The van der Waals surface area contributed by atoms with Crippen molar-refractivity contribution in [2.75, 3.05) is 32.2 Å². The molecule has 5 heteroatoms. The van der Waals surface area contributed by atoms with Crippen molar-refractivity contribution in [3.8, 4) is 5.75 Å². The van der Waals surface area contributed by atoms with Crippen LogP contribution in [0.4, 0.5) is 5.13 Å². The first-order valence-corrected chi connectivity index (χ1v) is 7.27. The predicted octanol–water partition coefficient (Wildman–Crippen LogP) is 3.39. The molecule has 1 N–H and O–H groups in total. The van der Waals surface area contributed by atoms with E-state index in [1.165, 1.54) is 0 Å². The fraction of sp³-hybridized carbons (Fsp3) is 0.500. The summed E-state index contributed by atoms with van der Waals surface area (Å²) < 4.78 is 11.9. The van der Waals surface area contributed by atoms with E-state index in [0.717, 1.165) is 34.2 Å². The van der Waals surface area contributed by atoms with Gasteiger partial charge >= 0.3 is 0 Å². The highest BCUT2D eigenvalue weighted by Gasteiger charge is 2.05. The van der Waals surface area contributed by atoms with Crippen molar-refractivity contribution in [2.24, 2.45) is 5.92 Å². The lowest BCUT2D eigenvalue weighted by molar-refractivity contribution is 0.211. The van der Waals surface area contributed by atoms with Crippen molar-refractivity contribution in [1.29, 1.82) is 0 Å². The zero-order chi connectivity index (χ0) is 13.7. The monoisotopic (exact) mass is 280 g/mol. The molecule has 4 nitrogen and oxygen atoms in total. The standard InChI is InChI=1S/C14H20N2O2S/c1-10(2)9-18-11-4-5-12-13(8-11)19-14(16-12)15-6-7-17-3/h4-5,8,10H,6-7,9H2,1-3H3,(H,15,16). The zero-order valence-corrected chi connectivity index (χ0v) is 12.4. The summed E-state index contributed by atoms with van der Waals surface area (Å²) >= 11 is 1.64. The predicted molar refractivity (Wildman–Crippen MR) is 80.3 cm³/mol. The molecule has 0 spiro atoms. The Hall–Kier alpha value is -1.33. The second-order valence-corrected chi connectivity index (χ2v) is 5.80. The van der Waals surface area contributed by atoms with Crippen LogP contribution in [-0.2, 0) is 4.74 Å². The van der Waals surface area contributed by atoms with Gasteiger partial charge in [-0.3, -0.25) is 0 Å². The number of rotatable bonds is 7. The van der Waals surface area contributed by atoms with E-state index in [1.807, 2.05) is 12.1 Å². The molecule has 0 amide bonds. The lowest BCUT2D eigenvalue weighted by Crippen LogP contribution is -2.06. The van der Waals surface area contributed by atoms with Gasteiger partial charge in [-0.1, -0.05) is 25.2 Å². The molecule has 19 heavy (non-hydrogen) atoms. The van der Waals surface area contributed by atoms with Gasteiger partial charge in [-0.25, -0.2) is 4.98 Å². The van der Waals surface area contributed by atoms with Crippen molar-refractivity contribution < 1.29 is 9.47 Å². The fourth-order valence-electron chi connectivity index (χ4n) is 1.59. The quantitative estimate of drug-likeness (QED) is 0.790. The SMILES string of the molecule is COCCNc1nc2ccc(OCC(C)C)cc2s1. The van der Waals surface area contributed by atoms with Crippen LogP contribution in [0.2, 0.25) is 0 Å². The van der Waals surface area contributed by atoms with E-state index in [0.29, 0.717) is 12.5 Å². The molecule has 0 aliphatic rings. The number of nitrogens with zero attached hydrogens (tertiary/aromatic N) is 1. The first-order chi connectivity index (χ1) is 9.19. The third-order valence-corrected chi connectivity index (χ3v) is 3.50. The number of nitrogens with one attached hydrogen (secondary N) is 1. The van der Waals surface area contributed by atoms with Gasteiger partial charge in [-0.2, -0.15) is 0 Å². The highest BCUT2D eigenvalue weighted by molar-refractivity contribution is 7.22. The van der Waals surface area contributed by atoms with E-state index in [4.69, 9.17) is 9.47 Å². The van der Waals surface area contributed by atoms with Crippen LogP contribution in [0.25, 0.3) is 10.2 Å². The van der Waals surface area contributed by atoms with Crippen molar-refractivity contribution in [2.45, 2.75) is 13.8 Å². The largest absolute Gasteiger partial charge is 0.493 e. The maximum atomic E-state index is 5.72. The Bertz CT molecular complexity index is 525. The van der Waals surface area contributed by atoms with Crippen LogP contribution in [0.3, 0.4) is 0 Å². The highest BCUT2D eigenvalue weighted by Crippen LogP contribution is 2.29. The van der Waals surface area contributed by atoms with Crippen LogP contribution in [-0.4, -0.2) is 31.9 Å². The summed E-state index contributed by atoms with van der Waals surface area (Å²) in [6.45, 7) is 6.47. The van der Waals surface area contributed by atoms with Crippen LogP contribution in [0.1, 0.15) is 13.8 Å². The molecule has 0 aliphatic carbocycles. The van der Waals surface area contributed by atoms with Crippen molar-refractivity contribution in [3.63, 3.8) is 0 Å². The smallest absolute Gasteiger partial charge is 0.183 e. The summed E-state index contributed by atoms with van der Waals surface area (Å²) in [7, 11) is 1.69. The van der Waals surface area contributed by atoms with E-state index >= 15 is 0 Å². The molecule has 0 aliphatic heterocycles. The van der Waals surface area contributed by atoms with Gasteiger partial charge in [0.05, 0.1) is 23.4 Å². The van der Waals surface area contributed by atoms with Gasteiger partial charge < -0.3 is 14.8 Å². The zero-order valence-electron chi connectivity index (χ0n) is 11.6. The number of benzene rings is 1. The Balaban J connectivity index is 2.05. The molecule has 104 valence electrons. The minimum atomic E-state index is 0.531. The maximum absolute atomic E-state index is 5.72. The number of ether oxygens (including phenoxy) is 2. The fourth-order valence-corrected chi connectivity index (χ4v) is 2.51. The Morgan fingerprint density at radius 3 is 2.95 bits per heavy atom. The highest BCUT2D eigenvalue weighted by atomic mass is 32.1. The third kappa shape index (κ3) is 4.08. The van der Waals surface area contributed by atoms with Crippen molar-refractivity contribution in [3.05, 3.63) is 18.2 Å². The van der Waals surface area contributed by atoms with Crippen LogP contribution < -0.4 is 10.1 Å². The van der Waals surface area contributed by atoms with Crippen LogP contribution in [0.15, 0.2) is 18.2 Å². The Labute approximate surface area is 117 Å². The number of hydrogen-bond acceptors (Lipinski definition) is 5. The molecule has 2 rings (SSSR count). The molecule has 1 aromatic heterocycles. The molecule has 0 bridgehead atoms. The van der Waals surface area contributed by atoms with Crippen molar-refractivity contribution in [1.82, 2.24) is 4.98 Å². The molecule has 0 atom stereocenters. The summed E-state index contributed by atoms with van der Waals surface area (Å²) in [6, 6.07) is 6.03. The van der Waals surface area contributed by atoms with Gasteiger partial charge in [0.15, 0.2) is 5.13 Å². The minimum Gasteiger partial charge on any atom is -0.493 e. The molecular formula is C14H20N2O2S. The molecule has 0 radical (unpaired) electrons. The first kappa shape index (κ1) is 14.1. The van der Waals surface area contributed by atoms with Gasteiger partial charge in [0.25, 0.3) is 0 Å². The number of fused-ring (bicyclic) bond motifs is 1. The average molecular weight is 280 g/mol. The Morgan fingerprint density at radius 2 is 2.21 bits per heavy atom. The molecule has 1 aromatic carbocycles. The minimum absolute atomic E-state index is 0.531. The summed E-state index contributed by atoms with van der Waals surface area (Å²) in [5.74, 6) is 1.44. The third-order valence-electron chi connectivity index (χ3n) is 2.53. The van der Waals surface area contributed by atoms with Crippen LogP contribution >= 0.6 is 11.3 Å². The van der Waals surface area contributed by atoms with Crippen molar-refractivity contribution >= 4 is 26.7 Å².